The van der Waals surface area contributed by atoms with E-state index < -0.39 is 0 Å². The van der Waals surface area contributed by atoms with E-state index in [9.17, 15) is 4.79 Å². The number of benzene rings is 1. The van der Waals surface area contributed by atoms with E-state index in [4.69, 9.17) is 9.47 Å². The largest absolute Gasteiger partial charge is 0.497 e. The molecule has 5 heteroatoms. The van der Waals surface area contributed by atoms with Gasteiger partial charge in [-0.2, -0.15) is 0 Å². The van der Waals surface area contributed by atoms with Gasteiger partial charge in [-0.25, -0.2) is 0 Å². The van der Waals surface area contributed by atoms with Gasteiger partial charge < -0.3 is 14.4 Å². The summed E-state index contributed by atoms with van der Waals surface area (Å²) in [5.41, 5.74) is 0.615. The molecule has 0 bridgehead atoms. The molecule has 2 rings (SSSR count). The standard InChI is InChI=1S/C12H15NO3S/c1-15-10-5-9(6-11(7-10)16-2)12(14)13-3-4-17-8-13/h5-7H,3-4,8H2,1-2H3. The average Bonchev–Trinajstić information content (AvgIpc) is 2.91. The molecule has 0 N–H and O–H groups in total. The van der Waals surface area contributed by atoms with Crippen LogP contribution in [0, 0.1) is 0 Å². The maximum Gasteiger partial charge on any atom is 0.254 e. The van der Waals surface area contributed by atoms with Crippen molar-refractivity contribution in [2.24, 2.45) is 0 Å². The molecule has 1 heterocycles. The van der Waals surface area contributed by atoms with Crippen molar-refractivity contribution in [2.45, 2.75) is 0 Å². The number of carbonyl (C=O) groups is 1. The number of amides is 1. The molecule has 4 nitrogen and oxygen atoms in total. The molecule has 1 saturated heterocycles. The highest BCUT2D eigenvalue weighted by Gasteiger charge is 2.20. The molecule has 17 heavy (non-hydrogen) atoms. The molecule has 92 valence electrons. The van der Waals surface area contributed by atoms with Crippen molar-refractivity contribution in [2.75, 3.05) is 32.4 Å². The lowest BCUT2D eigenvalue weighted by Gasteiger charge is -2.15. The third-order valence-electron chi connectivity index (χ3n) is 2.64. The summed E-state index contributed by atoms with van der Waals surface area (Å²) < 4.78 is 10.3. The topological polar surface area (TPSA) is 38.8 Å². The Kier molecular flexibility index (Phi) is 3.78. The number of nitrogens with zero attached hydrogens (tertiary/aromatic N) is 1. The van der Waals surface area contributed by atoms with Crippen LogP contribution in [-0.4, -0.2) is 43.2 Å². The molecular formula is C12H15NO3S. The molecule has 1 amide bonds. The maximum absolute atomic E-state index is 12.2. The van der Waals surface area contributed by atoms with E-state index in [-0.39, 0.29) is 5.91 Å². The zero-order chi connectivity index (χ0) is 12.3. The Labute approximate surface area is 105 Å². The van der Waals surface area contributed by atoms with Gasteiger partial charge in [-0.1, -0.05) is 0 Å². The molecule has 1 aliphatic heterocycles. The summed E-state index contributed by atoms with van der Waals surface area (Å²) in [6.07, 6.45) is 0. The molecule has 1 aromatic carbocycles. The first-order chi connectivity index (χ1) is 8.24. The highest BCUT2D eigenvalue weighted by Crippen LogP contribution is 2.25. The lowest BCUT2D eigenvalue weighted by atomic mass is 10.1. The first-order valence-corrected chi connectivity index (χ1v) is 6.50. The molecule has 0 aliphatic carbocycles. The van der Waals surface area contributed by atoms with E-state index >= 15 is 0 Å². The first-order valence-electron chi connectivity index (χ1n) is 5.34. The van der Waals surface area contributed by atoms with Crippen molar-refractivity contribution in [1.82, 2.24) is 4.90 Å². The summed E-state index contributed by atoms with van der Waals surface area (Å²) in [4.78, 5) is 14.0. The van der Waals surface area contributed by atoms with Gasteiger partial charge in [-0.15, -0.1) is 11.8 Å². The van der Waals surface area contributed by atoms with Crippen LogP contribution < -0.4 is 9.47 Å². The van der Waals surface area contributed by atoms with Gasteiger partial charge in [0, 0.05) is 23.9 Å². The van der Waals surface area contributed by atoms with E-state index in [1.54, 1.807) is 44.2 Å². The maximum atomic E-state index is 12.2. The van der Waals surface area contributed by atoms with E-state index in [0.29, 0.717) is 17.1 Å². The Hall–Kier alpha value is -1.36. The Morgan fingerprint density at radius 2 is 1.88 bits per heavy atom. The van der Waals surface area contributed by atoms with Crippen LogP contribution in [0.25, 0.3) is 0 Å². The van der Waals surface area contributed by atoms with Gasteiger partial charge in [-0.3, -0.25) is 4.79 Å². The fourth-order valence-electron chi connectivity index (χ4n) is 1.69. The molecule has 0 spiro atoms. The van der Waals surface area contributed by atoms with Crippen molar-refractivity contribution in [3.8, 4) is 11.5 Å². The summed E-state index contributed by atoms with van der Waals surface area (Å²) in [5, 5.41) is 0. The minimum Gasteiger partial charge on any atom is -0.497 e. The third-order valence-corrected chi connectivity index (χ3v) is 3.60. The second-order valence-electron chi connectivity index (χ2n) is 3.71. The van der Waals surface area contributed by atoms with Crippen molar-refractivity contribution in [3.63, 3.8) is 0 Å². The minimum absolute atomic E-state index is 0.0344. The molecule has 1 aliphatic rings. The normalized spacial score (nSPS) is 14.8. The monoisotopic (exact) mass is 253 g/mol. The number of methoxy groups -OCH3 is 2. The van der Waals surface area contributed by atoms with Gasteiger partial charge >= 0.3 is 0 Å². The molecular weight excluding hydrogens is 238 g/mol. The van der Waals surface area contributed by atoms with Crippen LogP contribution in [0.1, 0.15) is 10.4 Å². The van der Waals surface area contributed by atoms with Gasteiger partial charge in [0.25, 0.3) is 5.91 Å². The number of rotatable bonds is 3. The number of thioether (sulfide) groups is 1. The predicted molar refractivity (Wildman–Crippen MR) is 67.9 cm³/mol. The van der Waals surface area contributed by atoms with E-state index in [2.05, 4.69) is 0 Å². The van der Waals surface area contributed by atoms with Crippen LogP contribution >= 0.6 is 11.8 Å². The van der Waals surface area contributed by atoms with Crippen molar-refractivity contribution in [3.05, 3.63) is 23.8 Å². The summed E-state index contributed by atoms with van der Waals surface area (Å²) in [5.74, 6) is 3.08. The van der Waals surface area contributed by atoms with Crippen molar-refractivity contribution >= 4 is 17.7 Å². The second-order valence-corrected chi connectivity index (χ2v) is 4.78. The average molecular weight is 253 g/mol. The van der Waals surface area contributed by atoms with Gasteiger partial charge in [-0.05, 0) is 12.1 Å². The molecule has 0 aromatic heterocycles. The summed E-state index contributed by atoms with van der Waals surface area (Å²) in [7, 11) is 3.16. The minimum atomic E-state index is 0.0344. The predicted octanol–water partition coefficient (Wildman–Crippen LogP) is 1.85. The van der Waals surface area contributed by atoms with Crippen LogP contribution in [0.3, 0.4) is 0 Å². The van der Waals surface area contributed by atoms with E-state index in [0.717, 1.165) is 18.2 Å². The van der Waals surface area contributed by atoms with Crippen LogP contribution in [0.5, 0.6) is 11.5 Å². The highest BCUT2D eigenvalue weighted by atomic mass is 32.2. The van der Waals surface area contributed by atoms with Crippen LogP contribution in [0.2, 0.25) is 0 Å². The van der Waals surface area contributed by atoms with Crippen LogP contribution in [0.4, 0.5) is 0 Å². The first kappa shape index (κ1) is 12.1. The van der Waals surface area contributed by atoms with Gasteiger partial charge in [0.1, 0.15) is 11.5 Å². The molecule has 0 saturated carbocycles. The summed E-state index contributed by atoms with van der Waals surface area (Å²) in [6, 6.07) is 5.25. The van der Waals surface area contributed by atoms with E-state index in [1.165, 1.54) is 0 Å². The molecule has 0 radical (unpaired) electrons. The van der Waals surface area contributed by atoms with Crippen LogP contribution in [-0.2, 0) is 0 Å². The van der Waals surface area contributed by atoms with Gasteiger partial charge in [0.2, 0.25) is 0 Å². The SMILES string of the molecule is COc1cc(OC)cc(C(=O)N2CCSC2)c1. The Morgan fingerprint density at radius 1 is 1.24 bits per heavy atom. The van der Waals surface area contributed by atoms with Crippen LogP contribution in [0.15, 0.2) is 18.2 Å². The molecule has 1 aromatic rings. The quantitative estimate of drug-likeness (QED) is 0.824. The number of ether oxygens (including phenoxy) is 2. The van der Waals surface area contributed by atoms with E-state index in [1.807, 2.05) is 4.90 Å². The number of carbonyl (C=O) groups excluding carboxylic acids is 1. The third kappa shape index (κ3) is 2.66. The summed E-state index contributed by atoms with van der Waals surface area (Å²) in [6.45, 7) is 0.809. The van der Waals surface area contributed by atoms with Crippen molar-refractivity contribution in [1.29, 1.82) is 0 Å². The number of hydrogen-bond donors (Lipinski definition) is 0. The van der Waals surface area contributed by atoms with Gasteiger partial charge in [0.05, 0.1) is 20.1 Å². The van der Waals surface area contributed by atoms with Gasteiger partial charge in [0.15, 0.2) is 0 Å². The second kappa shape index (κ2) is 5.31. The molecule has 1 fully saturated rings. The fourth-order valence-corrected chi connectivity index (χ4v) is 2.63. The lowest BCUT2D eigenvalue weighted by molar-refractivity contribution is 0.0802. The molecule has 0 atom stereocenters. The smallest absolute Gasteiger partial charge is 0.254 e. The Bertz CT molecular complexity index is 394. The zero-order valence-corrected chi connectivity index (χ0v) is 10.8. The number of hydrogen-bond acceptors (Lipinski definition) is 4. The summed E-state index contributed by atoms with van der Waals surface area (Å²) >= 11 is 1.77. The van der Waals surface area contributed by atoms with Crippen molar-refractivity contribution < 1.29 is 14.3 Å². The lowest BCUT2D eigenvalue weighted by Crippen LogP contribution is -2.27. The highest BCUT2D eigenvalue weighted by molar-refractivity contribution is 7.99. The Morgan fingerprint density at radius 3 is 2.35 bits per heavy atom. The Balaban J connectivity index is 2.26. The zero-order valence-electron chi connectivity index (χ0n) is 9.93. The fraction of sp³-hybridized carbons (Fsp3) is 0.417. The molecule has 0 unspecified atom stereocenters.